The normalized spacial score (nSPS) is 16.3. The van der Waals surface area contributed by atoms with Gasteiger partial charge in [0.2, 0.25) is 11.5 Å². The lowest BCUT2D eigenvalue weighted by atomic mass is 9.91. The lowest BCUT2D eigenvalue weighted by molar-refractivity contribution is -0.157. The number of carboxylic acid groups (broad SMARTS) is 1. The summed E-state index contributed by atoms with van der Waals surface area (Å²) in [5.74, 6) is 0.0252. The van der Waals surface area contributed by atoms with Crippen LogP contribution in [0.2, 0.25) is 0 Å². The van der Waals surface area contributed by atoms with Gasteiger partial charge in [0, 0.05) is 32.0 Å². The van der Waals surface area contributed by atoms with Gasteiger partial charge in [-0.05, 0) is 24.3 Å². The molecule has 0 atom stereocenters. The van der Waals surface area contributed by atoms with Gasteiger partial charge >= 0.3 is 5.97 Å². The molecule has 1 aliphatic rings. The Morgan fingerprint density at radius 3 is 2.52 bits per heavy atom. The third-order valence-electron chi connectivity index (χ3n) is 4.25. The van der Waals surface area contributed by atoms with Crippen molar-refractivity contribution in [3.63, 3.8) is 0 Å². The monoisotopic (exact) mass is 347 g/mol. The predicted octanol–water partition coefficient (Wildman–Crippen LogP) is 2.13. The minimum atomic E-state index is -1.34. The minimum Gasteiger partial charge on any atom is -0.481 e. The summed E-state index contributed by atoms with van der Waals surface area (Å²) in [6.07, 6.45) is 1.94. The van der Waals surface area contributed by atoms with Crippen LogP contribution >= 0.6 is 0 Å². The number of methoxy groups -OCH3 is 1. The molecular formula is C17H18FN3O4. The van der Waals surface area contributed by atoms with Crippen LogP contribution in [0.15, 0.2) is 36.7 Å². The number of aliphatic carboxylic acids is 1. The maximum absolute atomic E-state index is 13.0. The van der Waals surface area contributed by atoms with Gasteiger partial charge in [-0.2, -0.15) is 0 Å². The molecule has 7 nitrogen and oxygen atoms in total. The largest absolute Gasteiger partial charge is 0.481 e. The Labute approximate surface area is 144 Å². The van der Waals surface area contributed by atoms with Crippen LogP contribution in [0.5, 0.6) is 11.6 Å². The number of rotatable bonds is 5. The number of piperidine rings is 1. The molecule has 1 N–H and O–H groups in total. The van der Waals surface area contributed by atoms with E-state index in [-0.39, 0.29) is 12.8 Å². The first-order valence-electron chi connectivity index (χ1n) is 7.81. The standard InChI is InChI=1S/C17H18FN3O4/c1-24-15-10-14(19-11-20-15)21-8-6-17(7-9-21,16(22)23)25-13-4-2-12(18)3-5-13/h2-5,10-11H,6-9H2,1H3,(H,22,23). The van der Waals surface area contributed by atoms with Gasteiger partial charge in [-0.15, -0.1) is 0 Å². The molecule has 0 aliphatic carbocycles. The number of carboxylic acids is 1. The van der Waals surface area contributed by atoms with Crippen LogP contribution in [-0.2, 0) is 4.79 Å². The van der Waals surface area contributed by atoms with Gasteiger partial charge < -0.3 is 19.5 Å². The maximum Gasteiger partial charge on any atom is 0.348 e. The molecule has 1 saturated heterocycles. The van der Waals surface area contributed by atoms with E-state index in [0.717, 1.165) is 0 Å². The molecule has 0 bridgehead atoms. The summed E-state index contributed by atoms with van der Waals surface area (Å²) < 4.78 is 23.8. The number of nitrogens with zero attached hydrogens (tertiary/aromatic N) is 3. The third kappa shape index (κ3) is 3.62. The highest BCUT2D eigenvalue weighted by Gasteiger charge is 2.44. The van der Waals surface area contributed by atoms with Gasteiger partial charge in [-0.25, -0.2) is 19.2 Å². The smallest absolute Gasteiger partial charge is 0.348 e. The number of carbonyl (C=O) groups is 1. The van der Waals surface area contributed by atoms with E-state index >= 15 is 0 Å². The molecule has 0 radical (unpaired) electrons. The number of aromatic nitrogens is 2. The Bertz CT molecular complexity index is 746. The third-order valence-corrected chi connectivity index (χ3v) is 4.25. The molecule has 1 aliphatic heterocycles. The second-order valence-corrected chi connectivity index (χ2v) is 5.76. The minimum absolute atomic E-state index is 0.270. The van der Waals surface area contributed by atoms with E-state index in [4.69, 9.17) is 9.47 Å². The summed E-state index contributed by atoms with van der Waals surface area (Å²) >= 11 is 0. The van der Waals surface area contributed by atoms with Crippen LogP contribution in [0, 0.1) is 5.82 Å². The molecule has 8 heteroatoms. The highest BCUT2D eigenvalue weighted by atomic mass is 19.1. The average molecular weight is 347 g/mol. The van der Waals surface area contributed by atoms with Crippen molar-refractivity contribution in [1.29, 1.82) is 0 Å². The highest BCUT2D eigenvalue weighted by Crippen LogP contribution is 2.31. The van der Waals surface area contributed by atoms with Crippen LogP contribution in [0.3, 0.4) is 0 Å². The summed E-state index contributed by atoms with van der Waals surface area (Å²) in [5.41, 5.74) is -1.34. The number of ether oxygens (including phenoxy) is 2. The predicted molar refractivity (Wildman–Crippen MR) is 87.4 cm³/mol. The summed E-state index contributed by atoms with van der Waals surface area (Å²) in [6.45, 7) is 0.904. The van der Waals surface area contributed by atoms with Gasteiger partial charge in [0.1, 0.15) is 23.7 Å². The van der Waals surface area contributed by atoms with Crippen molar-refractivity contribution in [2.45, 2.75) is 18.4 Å². The highest BCUT2D eigenvalue weighted by molar-refractivity contribution is 5.78. The van der Waals surface area contributed by atoms with Crippen LogP contribution in [0.4, 0.5) is 10.2 Å². The van der Waals surface area contributed by atoms with E-state index < -0.39 is 17.4 Å². The molecule has 0 amide bonds. The number of anilines is 1. The Kier molecular flexibility index (Phi) is 4.69. The molecule has 0 spiro atoms. The zero-order valence-electron chi connectivity index (χ0n) is 13.7. The zero-order chi connectivity index (χ0) is 17.9. The summed E-state index contributed by atoms with van der Waals surface area (Å²) in [7, 11) is 1.52. The number of halogens is 1. The van der Waals surface area contributed by atoms with Crippen LogP contribution in [-0.4, -0.2) is 46.8 Å². The van der Waals surface area contributed by atoms with E-state index in [1.807, 2.05) is 4.90 Å². The van der Waals surface area contributed by atoms with Crippen LogP contribution < -0.4 is 14.4 Å². The van der Waals surface area contributed by atoms with Crippen molar-refractivity contribution in [1.82, 2.24) is 9.97 Å². The fourth-order valence-electron chi connectivity index (χ4n) is 2.80. The summed E-state index contributed by atoms with van der Waals surface area (Å²) in [6, 6.07) is 7.05. The Hall–Kier alpha value is -2.90. The molecule has 2 heterocycles. The van der Waals surface area contributed by atoms with E-state index in [1.165, 1.54) is 37.7 Å². The van der Waals surface area contributed by atoms with Crippen molar-refractivity contribution in [2.24, 2.45) is 0 Å². The van der Waals surface area contributed by atoms with Crippen molar-refractivity contribution < 1.29 is 23.8 Å². The van der Waals surface area contributed by atoms with Crippen molar-refractivity contribution in [2.75, 3.05) is 25.1 Å². The molecular weight excluding hydrogens is 329 g/mol. The van der Waals surface area contributed by atoms with Gasteiger partial charge in [-0.1, -0.05) is 0 Å². The molecule has 0 unspecified atom stereocenters. The van der Waals surface area contributed by atoms with Crippen LogP contribution in [0.25, 0.3) is 0 Å². The number of hydrogen-bond acceptors (Lipinski definition) is 6. The lowest BCUT2D eigenvalue weighted by Crippen LogP contribution is -2.53. The number of hydrogen-bond donors (Lipinski definition) is 1. The second kappa shape index (κ2) is 6.92. The van der Waals surface area contributed by atoms with E-state index in [0.29, 0.717) is 30.5 Å². The fraction of sp³-hybridized carbons (Fsp3) is 0.353. The Morgan fingerprint density at radius 1 is 1.24 bits per heavy atom. The Morgan fingerprint density at radius 2 is 1.92 bits per heavy atom. The molecule has 0 saturated carbocycles. The first-order valence-corrected chi connectivity index (χ1v) is 7.81. The topological polar surface area (TPSA) is 84.8 Å². The molecule has 25 heavy (non-hydrogen) atoms. The molecule has 3 rings (SSSR count). The molecule has 2 aromatic rings. The van der Waals surface area contributed by atoms with E-state index in [2.05, 4.69) is 9.97 Å². The maximum atomic E-state index is 13.0. The summed E-state index contributed by atoms with van der Waals surface area (Å²) in [5, 5.41) is 9.68. The van der Waals surface area contributed by atoms with Gasteiger partial charge in [0.05, 0.1) is 7.11 Å². The quantitative estimate of drug-likeness (QED) is 0.887. The van der Waals surface area contributed by atoms with Crippen molar-refractivity contribution >= 4 is 11.8 Å². The average Bonchev–Trinajstić information content (AvgIpc) is 2.64. The van der Waals surface area contributed by atoms with Crippen molar-refractivity contribution in [3.05, 3.63) is 42.5 Å². The van der Waals surface area contributed by atoms with E-state index in [9.17, 15) is 14.3 Å². The summed E-state index contributed by atoms with van der Waals surface area (Å²) in [4.78, 5) is 22.0. The second-order valence-electron chi connectivity index (χ2n) is 5.76. The first-order chi connectivity index (χ1) is 12.0. The van der Waals surface area contributed by atoms with Crippen molar-refractivity contribution in [3.8, 4) is 11.6 Å². The molecule has 1 aromatic heterocycles. The zero-order valence-corrected chi connectivity index (χ0v) is 13.7. The van der Waals surface area contributed by atoms with E-state index in [1.54, 1.807) is 6.07 Å². The number of benzene rings is 1. The first kappa shape index (κ1) is 16.9. The van der Waals surface area contributed by atoms with Gasteiger partial charge in [0.15, 0.2) is 0 Å². The van der Waals surface area contributed by atoms with Gasteiger partial charge in [-0.3, -0.25) is 0 Å². The van der Waals surface area contributed by atoms with Gasteiger partial charge in [0.25, 0.3) is 0 Å². The molecule has 1 fully saturated rings. The molecule has 1 aromatic carbocycles. The van der Waals surface area contributed by atoms with Crippen LogP contribution in [0.1, 0.15) is 12.8 Å². The molecule has 132 valence electrons. The Balaban J connectivity index is 1.74. The fourth-order valence-corrected chi connectivity index (χ4v) is 2.80. The lowest BCUT2D eigenvalue weighted by Gasteiger charge is -2.39. The SMILES string of the molecule is COc1cc(N2CCC(Oc3ccc(F)cc3)(C(=O)O)CC2)ncn1.